The molecule has 122 valence electrons. The van der Waals surface area contributed by atoms with Crippen molar-refractivity contribution in [3.63, 3.8) is 0 Å². The average molecular weight is 339 g/mol. The van der Waals surface area contributed by atoms with Crippen molar-refractivity contribution in [1.82, 2.24) is 4.98 Å². The summed E-state index contributed by atoms with van der Waals surface area (Å²) >= 11 is 1.69. The Morgan fingerprint density at radius 2 is 1.96 bits per heavy atom. The van der Waals surface area contributed by atoms with Crippen molar-refractivity contribution in [3.8, 4) is 0 Å². The summed E-state index contributed by atoms with van der Waals surface area (Å²) in [5, 5.41) is 5.03. The number of morpholine rings is 1. The van der Waals surface area contributed by atoms with E-state index in [4.69, 9.17) is 15.3 Å². The van der Waals surface area contributed by atoms with Crippen LogP contribution in [0.4, 0.5) is 10.8 Å². The number of fused-ring (bicyclic) bond motifs is 1. The molecule has 0 bridgehead atoms. The molecular weight excluding hydrogens is 320 g/mol. The Morgan fingerprint density at radius 3 is 2.71 bits per heavy atom. The lowest BCUT2D eigenvalue weighted by atomic mass is 10.0. The first-order valence-electron chi connectivity index (χ1n) is 8.04. The monoisotopic (exact) mass is 339 g/mol. The summed E-state index contributed by atoms with van der Waals surface area (Å²) in [6.07, 6.45) is 0.803. The summed E-state index contributed by atoms with van der Waals surface area (Å²) < 4.78 is 6.54. The zero-order valence-electron chi connectivity index (χ0n) is 13.3. The van der Waals surface area contributed by atoms with Crippen LogP contribution in [0.3, 0.4) is 0 Å². The molecule has 0 spiro atoms. The molecule has 1 saturated heterocycles. The van der Waals surface area contributed by atoms with Crippen molar-refractivity contribution in [1.29, 1.82) is 0 Å². The van der Waals surface area contributed by atoms with Crippen LogP contribution in [-0.2, 0) is 11.2 Å². The molecule has 1 aromatic heterocycles. The maximum absolute atomic E-state index is 5.63. The number of hydrogen-bond acceptors (Lipinski definition) is 5. The van der Waals surface area contributed by atoms with Gasteiger partial charge in [0.05, 0.1) is 23.4 Å². The predicted molar refractivity (Wildman–Crippen MR) is 95.9 cm³/mol. The summed E-state index contributed by atoms with van der Waals surface area (Å²) in [5.41, 5.74) is 9.83. The fourth-order valence-electron chi connectivity index (χ4n) is 2.96. The van der Waals surface area contributed by atoms with E-state index in [1.54, 1.807) is 11.3 Å². The number of anilines is 1. The zero-order chi connectivity index (χ0) is 16.4. The Bertz CT molecular complexity index is 856. The first kappa shape index (κ1) is 15.2. The molecule has 1 aliphatic heterocycles. The lowest BCUT2D eigenvalue weighted by molar-refractivity contribution is -0.210. The molecule has 6 heteroatoms. The van der Waals surface area contributed by atoms with Crippen LogP contribution in [0.2, 0.25) is 0 Å². The van der Waals surface area contributed by atoms with Crippen LogP contribution in [0, 0.1) is 0 Å². The maximum atomic E-state index is 5.63. The van der Waals surface area contributed by atoms with Crippen molar-refractivity contribution in [2.45, 2.75) is 6.42 Å². The average Bonchev–Trinajstić information content (AvgIpc) is 3.05. The van der Waals surface area contributed by atoms with E-state index in [1.165, 1.54) is 5.56 Å². The van der Waals surface area contributed by atoms with Gasteiger partial charge in [0.25, 0.3) is 0 Å². The highest BCUT2D eigenvalue weighted by Gasteiger charge is 2.17. The van der Waals surface area contributed by atoms with Crippen LogP contribution >= 0.6 is 11.3 Å². The molecule has 0 saturated carbocycles. The van der Waals surface area contributed by atoms with Gasteiger partial charge >= 0.3 is 0 Å². The largest absolute Gasteiger partial charge is 0.378 e. The van der Waals surface area contributed by atoms with Gasteiger partial charge in [-0.1, -0.05) is 41.7 Å². The number of rotatable bonds is 4. The third kappa shape index (κ3) is 3.02. The Morgan fingerprint density at radius 1 is 1.17 bits per heavy atom. The molecule has 24 heavy (non-hydrogen) atoms. The number of thiazole rings is 1. The fraction of sp³-hybridized carbons (Fsp3) is 0.278. The molecule has 0 aliphatic carbocycles. The van der Waals surface area contributed by atoms with Gasteiger partial charge in [-0.25, -0.2) is 4.98 Å². The molecule has 1 fully saturated rings. The molecule has 1 aliphatic rings. The zero-order valence-corrected chi connectivity index (χ0v) is 14.1. The second-order valence-corrected chi connectivity index (χ2v) is 6.85. The second kappa shape index (κ2) is 6.67. The van der Waals surface area contributed by atoms with Crippen LogP contribution in [0.15, 0.2) is 47.6 Å². The molecule has 2 N–H and O–H groups in total. The molecule has 2 heterocycles. The van der Waals surface area contributed by atoms with Gasteiger partial charge in [0.15, 0.2) is 5.13 Å². The highest BCUT2D eigenvalue weighted by atomic mass is 32.1. The third-order valence-electron chi connectivity index (χ3n) is 4.24. The number of hydrogen-bond donors (Lipinski definition) is 1. The molecule has 0 radical (unpaired) electrons. The summed E-state index contributed by atoms with van der Waals surface area (Å²) in [5.74, 6) is 0. The normalized spacial score (nSPS) is 14.9. The number of benzene rings is 2. The van der Waals surface area contributed by atoms with Gasteiger partial charge in [0.2, 0.25) is 0 Å². The topological polar surface area (TPSA) is 63.3 Å². The SMILES string of the molecule is [NH2+]=Nc1cc2sc(N3CCOCC3)nc2cc1Cc1ccccc1. The maximum Gasteiger partial charge on any atom is 0.186 e. The smallest absolute Gasteiger partial charge is 0.186 e. The minimum Gasteiger partial charge on any atom is -0.378 e. The van der Waals surface area contributed by atoms with Crippen LogP contribution in [0.25, 0.3) is 10.2 Å². The lowest BCUT2D eigenvalue weighted by Crippen LogP contribution is -2.36. The second-order valence-electron chi connectivity index (χ2n) is 5.84. The van der Waals surface area contributed by atoms with E-state index >= 15 is 0 Å². The van der Waals surface area contributed by atoms with Gasteiger partial charge in [-0.3, -0.25) is 0 Å². The van der Waals surface area contributed by atoms with Gasteiger partial charge in [0.1, 0.15) is 5.69 Å². The number of nitrogens with two attached hydrogens (primary N) is 1. The third-order valence-corrected chi connectivity index (χ3v) is 5.31. The van der Waals surface area contributed by atoms with Crippen molar-refractivity contribution < 1.29 is 10.3 Å². The highest BCUT2D eigenvalue weighted by molar-refractivity contribution is 7.22. The van der Waals surface area contributed by atoms with Gasteiger partial charge in [-0.05, 0) is 34.8 Å². The van der Waals surface area contributed by atoms with E-state index in [0.717, 1.165) is 59.3 Å². The standard InChI is InChI=1S/C18H18N4OS/c19-21-15-12-17-16(11-14(15)10-13-4-2-1-3-5-13)20-18(24-17)22-6-8-23-9-7-22/h1-5,11-12,19H,6-10H2/p+1. The predicted octanol–water partition coefficient (Wildman–Crippen LogP) is 2.57. The van der Waals surface area contributed by atoms with Gasteiger partial charge in [-0.15, -0.1) is 0 Å². The minimum atomic E-state index is 0.762. The fourth-order valence-corrected chi connectivity index (χ4v) is 3.99. The van der Waals surface area contributed by atoms with E-state index in [2.05, 4.69) is 34.3 Å². The van der Waals surface area contributed by atoms with Crippen LogP contribution < -0.4 is 10.4 Å². The van der Waals surface area contributed by atoms with Crippen molar-refractivity contribution >= 4 is 32.4 Å². The number of ether oxygens (including phenoxy) is 1. The van der Waals surface area contributed by atoms with Crippen molar-refractivity contribution in [2.75, 3.05) is 31.2 Å². The molecule has 3 aromatic rings. The molecule has 0 amide bonds. The molecule has 5 nitrogen and oxygen atoms in total. The van der Waals surface area contributed by atoms with E-state index in [9.17, 15) is 0 Å². The Balaban J connectivity index is 1.70. The van der Waals surface area contributed by atoms with Gasteiger partial charge in [-0.2, -0.15) is 5.53 Å². The number of aromatic nitrogens is 1. The quantitative estimate of drug-likeness (QED) is 0.743. The van der Waals surface area contributed by atoms with Crippen LogP contribution in [0.1, 0.15) is 11.1 Å². The molecule has 0 atom stereocenters. The van der Waals surface area contributed by atoms with Gasteiger partial charge in [0, 0.05) is 13.1 Å². The summed E-state index contributed by atoms with van der Waals surface area (Å²) in [6, 6.07) is 14.5. The van der Waals surface area contributed by atoms with E-state index in [-0.39, 0.29) is 0 Å². The van der Waals surface area contributed by atoms with Crippen LogP contribution in [-0.4, -0.2) is 31.3 Å². The van der Waals surface area contributed by atoms with Crippen molar-refractivity contribution in [2.24, 2.45) is 5.11 Å². The molecule has 2 aromatic carbocycles. The van der Waals surface area contributed by atoms with Crippen molar-refractivity contribution in [3.05, 3.63) is 53.6 Å². The molecular formula is C18H19N4OS+. The lowest BCUT2D eigenvalue weighted by Gasteiger charge is -2.25. The van der Waals surface area contributed by atoms with E-state index in [1.807, 2.05) is 18.2 Å². The number of nitrogens with zero attached hydrogens (tertiary/aromatic N) is 3. The Hall–Kier alpha value is -2.31. The molecule has 0 unspecified atom stereocenters. The summed E-state index contributed by atoms with van der Waals surface area (Å²) in [7, 11) is 0. The Labute approximate surface area is 144 Å². The van der Waals surface area contributed by atoms with Gasteiger partial charge < -0.3 is 9.64 Å². The first-order chi connectivity index (χ1) is 11.8. The Kier molecular flexibility index (Phi) is 4.23. The van der Waals surface area contributed by atoms with E-state index < -0.39 is 0 Å². The first-order valence-corrected chi connectivity index (χ1v) is 8.86. The minimum absolute atomic E-state index is 0.762. The summed E-state index contributed by atoms with van der Waals surface area (Å²) in [6.45, 7) is 3.31. The summed E-state index contributed by atoms with van der Waals surface area (Å²) in [4.78, 5) is 7.10. The molecule has 4 rings (SSSR count). The van der Waals surface area contributed by atoms with E-state index in [0.29, 0.717) is 0 Å². The van der Waals surface area contributed by atoms with Crippen LogP contribution in [0.5, 0.6) is 0 Å². The highest BCUT2D eigenvalue weighted by Crippen LogP contribution is 2.34.